The van der Waals surface area contributed by atoms with Crippen LogP contribution in [0.25, 0.3) is 0 Å². The van der Waals surface area contributed by atoms with Gasteiger partial charge in [0, 0.05) is 25.5 Å². The fraction of sp³-hybridized carbons (Fsp3) is 0.682. The SMILES string of the molecule is CC[C@@]12CCC3(C[C@@H]1CCCc1cc(NC(C)=O)c(C)cc12)OCCO3. The molecule has 0 unspecified atom stereocenters. The Balaban J connectivity index is 1.74. The zero-order chi connectivity index (χ0) is 18.4. The Kier molecular flexibility index (Phi) is 4.60. The van der Waals surface area contributed by atoms with Crippen molar-refractivity contribution in [3.63, 3.8) is 0 Å². The Bertz CT molecular complexity index is 708. The number of ether oxygens (including phenoxy) is 2. The van der Waals surface area contributed by atoms with Gasteiger partial charge in [0.1, 0.15) is 0 Å². The Morgan fingerprint density at radius 3 is 2.73 bits per heavy atom. The smallest absolute Gasteiger partial charge is 0.221 e. The number of nitrogens with one attached hydrogen (secondary N) is 1. The van der Waals surface area contributed by atoms with Crippen molar-refractivity contribution in [1.82, 2.24) is 0 Å². The predicted molar refractivity (Wildman–Crippen MR) is 102 cm³/mol. The fourth-order valence-corrected chi connectivity index (χ4v) is 5.72. The molecule has 1 aliphatic heterocycles. The molecule has 1 saturated carbocycles. The molecule has 2 atom stereocenters. The molecular weight excluding hydrogens is 326 g/mol. The summed E-state index contributed by atoms with van der Waals surface area (Å²) in [5.74, 6) is 0.283. The van der Waals surface area contributed by atoms with Gasteiger partial charge in [0.2, 0.25) is 5.91 Å². The van der Waals surface area contributed by atoms with Crippen molar-refractivity contribution in [2.75, 3.05) is 18.5 Å². The molecule has 1 amide bonds. The maximum atomic E-state index is 11.6. The average Bonchev–Trinajstić information content (AvgIpc) is 3.00. The average molecular weight is 357 g/mol. The molecule has 26 heavy (non-hydrogen) atoms. The van der Waals surface area contributed by atoms with Crippen LogP contribution in [0.1, 0.15) is 69.1 Å². The summed E-state index contributed by atoms with van der Waals surface area (Å²) in [6.45, 7) is 7.51. The lowest BCUT2D eigenvalue weighted by atomic mass is 9.58. The summed E-state index contributed by atoms with van der Waals surface area (Å²) in [5.41, 5.74) is 5.29. The number of carbonyl (C=O) groups excluding carboxylic acids is 1. The molecule has 1 spiro atoms. The molecule has 1 aromatic rings. The van der Waals surface area contributed by atoms with Gasteiger partial charge in [0.05, 0.1) is 13.2 Å². The van der Waals surface area contributed by atoms with E-state index in [0.717, 1.165) is 51.0 Å². The lowest BCUT2D eigenvalue weighted by Crippen LogP contribution is -2.48. The van der Waals surface area contributed by atoms with Gasteiger partial charge in [0.25, 0.3) is 0 Å². The zero-order valence-electron chi connectivity index (χ0n) is 16.3. The van der Waals surface area contributed by atoms with Gasteiger partial charge >= 0.3 is 0 Å². The van der Waals surface area contributed by atoms with Crippen molar-refractivity contribution in [1.29, 1.82) is 0 Å². The summed E-state index contributed by atoms with van der Waals surface area (Å²) in [6, 6.07) is 4.59. The minimum absolute atomic E-state index is 0.0000997. The molecule has 0 radical (unpaired) electrons. The van der Waals surface area contributed by atoms with E-state index < -0.39 is 0 Å². The van der Waals surface area contributed by atoms with E-state index in [1.807, 2.05) is 0 Å². The maximum absolute atomic E-state index is 11.6. The van der Waals surface area contributed by atoms with Gasteiger partial charge in [0.15, 0.2) is 5.79 Å². The first-order valence-electron chi connectivity index (χ1n) is 10.2. The Morgan fingerprint density at radius 2 is 2.04 bits per heavy atom. The second-order valence-electron chi connectivity index (χ2n) is 8.42. The molecule has 142 valence electrons. The van der Waals surface area contributed by atoms with Crippen molar-refractivity contribution >= 4 is 11.6 Å². The third kappa shape index (κ3) is 2.87. The van der Waals surface area contributed by atoms with E-state index in [1.165, 1.54) is 29.5 Å². The summed E-state index contributed by atoms with van der Waals surface area (Å²) < 4.78 is 12.1. The highest BCUT2D eigenvalue weighted by Gasteiger charge is 2.52. The number of hydrogen-bond acceptors (Lipinski definition) is 3. The number of aryl methyl sites for hydroxylation is 2. The molecule has 0 bridgehead atoms. The van der Waals surface area contributed by atoms with Crippen molar-refractivity contribution in [2.45, 2.75) is 76.9 Å². The molecule has 1 N–H and O–H groups in total. The molecule has 1 saturated heterocycles. The van der Waals surface area contributed by atoms with Crippen LogP contribution in [-0.4, -0.2) is 24.9 Å². The van der Waals surface area contributed by atoms with Crippen molar-refractivity contribution < 1.29 is 14.3 Å². The number of hydrogen-bond donors (Lipinski definition) is 1. The fourth-order valence-electron chi connectivity index (χ4n) is 5.72. The lowest BCUT2D eigenvalue weighted by molar-refractivity contribution is -0.199. The number of benzene rings is 1. The quantitative estimate of drug-likeness (QED) is 0.849. The largest absolute Gasteiger partial charge is 0.348 e. The molecule has 4 heteroatoms. The molecule has 3 aliphatic rings. The zero-order valence-corrected chi connectivity index (χ0v) is 16.3. The maximum Gasteiger partial charge on any atom is 0.221 e. The standard InChI is InChI=1S/C22H31NO3/c1-4-21-8-9-22(25-10-11-26-22)14-18(21)7-5-6-17-13-20(23-16(3)24)15(2)12-19(17)21/h12-13,18H,4-11,14H2,1-3H3,(H,23,24)/t18-,21+/m0/s1. The molecule has 4 rings (SSSR count). The minimum Gasteiger partial charge on any atom is -0.348 e. The third-order valence-corrected chi connectivity index (χ3v) is 7.03. The van der Waals surface area contributed by atoms with Crippen LogP contribution < -0.4 is 5.32 Å². The number of amides is 1. The van der Waals surface area contributed by atoms with Gasteiger partial charge in [-0.05, 0) is 73.1 Å². The molecule has 1 heterocycles. The highest BCUT2D eigenvalue weighted by molar-refractivity contribution is 5.89. The van der Waals surface area contributed by atoms with Crippen LogP contribution in [0.4, 0.5) is 5.69 Å². The van der Waals surface area contributed by atoms with E-state index in [1.54, 1.807) is 6.92 Å². The molecular formula is C22H31NO3. The molecule has 1 aromatic carbocycles. The van der Waals surface area contributed by atoms with Crippen LogP contribution in [0.3, 0.4) is 0 Å². The third-order valence-electron chi connectivity index (χ3n) is 7.03. The molecule has 0 aromatic heterocycles. The van der Waals surface area contributed by atoms with Crippen LogP contribution in [0.15, 0.2) is 12.1 Å². The van der Waals surface area contributed by atoms with Gasteiger partial charge in [-0.15, -0.1) is 0 Å². The number of carbonyl (C=O) groups is 1. The van der Waals surface area contributed by atoms with Gasteiger partial charge in [-0.2, -0.15) is 0 Å². The first-order valence-corrected chi connectivity index (χ1v) is 10.2. The monoisotopic (exact) mass is 357 g/mol. The van der Waals surface area contributed by atoms with Gasteiger partial charge in [-0.25, -0.2) is 0 Å². The van der Waals surface area contributed by atoms with E-state index in [-0.39, 0.29) is 17.1 Å². The Hall–Kier alpha value is -1.39. The summed E-state index contributed by atoms with van der Waals surface area (Å²) in [6.07, 6.45) is 7.80. The summed E-state index contributed by atoms with van der Waals surface area (Å²) >= 11 is 0. The topological polar surface area (TPSA) is 47.6 Å². The number of anilines is 1. The van der Waals surface area contributed by atoms with E-state index >= 15 is 0 Å². The van der Waals surface area contributed by atoms with E-state index in [4.69, 9.17) is 9.47 Å². The highest BCUT2D eigenvalue weighted by atomic mass is 16.7. The normalized spacial score (nSPS) is 29.7. The first kappa shape index (κ1) is 18.0. The van der Waals surface area contributed by atoms with Crippen molar-refractivity contribution in [2.24, 2.45) is 5.92 Å². The number of fused-ring (bicyclic) bond motifs is 3. The summed E-state index contributed by atoms with van der Waals surface area (Å²) in [7, 11) is 0. The van der Waals surface area contributed by atoms with E-state index in [9.17, 15) is 4.79 Å². The molecule has 4 nitrogen and oxygen atoms in total. The van der Waals surface area contributed by atoms with E-state index in [0.29, 0.717) is 5.92 Å². The Morgan fingerprint density at radius 1 is 1.27 bits per heavy atom. The van der Waals surface area contributed by atoms with Crippen molar-refractivity contribution in [3.8, 4) is 0 Å². The Labute approximate surface area is 156 Å². The van der Waals surface area contributed by atoms with Crippen molar-refractivity contribution in [3.05, 3.63) is 28.8 Å². The highest BCUT2D eigenvalue weighted by Crippen LogP contribution is 2.55. The van der Waals surface area contributed by atoms with Gasteiger partial charge < -0.3 is 14.8 Å². The van der Waals surface area contributed by atoms with Crippen LogP contribution in [0.2, 0.25) is 0 Å². The second-order valence-corrected chi connectivity index (χ2v) is 8.42. The minimum atomic E-state index is -0.320. The second kappa shape index (κ2) is 6.65. The summed E-state index contributed by atoms with van der Waals surface area (Å²) in [4.78, 5) is 11.6. The first-order chi connectivity index (χ1) is 12.5. The van der Waals surface area contributed by atoms with E-state index in [2.05, 4.69) is 31.3 Å². The van der Waals surface area contributed by atoms with Crippen LogP contribution in [0, 0.1) is 12.8 Å². The molecule has 2 fully saturated rings. The van der Waals surface area contributed by atoms with Gasteiger partial charge in [-0.3, -0.25) is 4.79 Å². The number of rotatable bonds is 2. The van der Waals surface area contributed by atoms with Crippen LogP contribution in [0.5, 0.6) is 0 Å². The van der Waals surface area contributed by atoms with Crippen LogP contribution in [-0.2, 0) is 26.1 Å². The lowest BCUT2D eigenvalue weighted by Gasteiger charge is -2.49. The summed E-state index contributed by atoms with van der Waals surface area (Å²) in [5, 5.41) is 3.01. The molecule has 2 aliphatic carbocycles. The van der Waals surface area contributed by atoms with Gasteiger partial charge in [-0.1, -0.05) is 13.0 Å². The van der Waals surface area contributed by atoms with Crippen LogP contribution >= 0.6 is 0 Å². The predicted octanol–water partition coefficient (Wildman–Crippen LogP) is 4.48.